The second-order valence-corrected chi connectivity index (χ2v) is 6.95. The Kier molecular flexibility index (Phi) is 4.72. The Morgan fingerprint density at radius 2 is 2.29 bits per heavy atom. The molecule has 0 aromatic carbocycles. The first-order chi connectivity index (χ1) is 8.08. The predicted octanol–water partition coefficient (Wildman–Crippen LogP) is 3.87. The van der Waals surface area contributed by atoms with E-state index in [2.05, 4.69) is 12.2 Å². The highest BCUT2D eigenvalue weighted by Gasteiger charge is 2.25. The maximum Gasteiger partial charge on any atom is 0.0991 e. The standard InChI is InChI=1S/C12H17Cl2NOS/c1-7(9-5-11(13)17-12(9)14)15-6-8-3-2-4-10(8)16/h5,7-8,10,15-16H,2-4,6H2,1H3. The zero-order chi connectivity index (χ0) is 12.4. The summed E-state index contributed by atoms with van der Waals surface area (Å²) in [5, 5.41) is 13.2. The molecule has 1 aliphatic rings. The molecule has 0 bridgehead atoms. The van der Waals surface area contributed by atoms with Gasteiger partial charge in [0.15, 0.2) is 0 Å². The van der Waals surface area contributed by atoms with Crippen LogP contribution in [-0.2, 0) is 0 Å². The molecule has 2 N–H and O–H groups in total. The maximum atomic E-state index is 9.75. The minimum Gasteiger partial charge on any atom is -0.393 e. The summed E-state index contributed by atoms with van der Waals surface area (Å²) >= 11 is 13.4. The van der Waals surface area contributed by atoms with Gasteiger partial charge in [0.05, 0.1) is 14.8 Å². The van der Waals surface area contributed by atoms with Crippen LogP contribution in [0.3, 0.4) is 0 Å². The van der Waals surface area contributed by atoms with Crippen molar-refractivity contribution < 1.29 is 5.11 Å². The zero-order valence-electron chi connectivity index (χ0n) is 9.75. The Morgan fingerprint density at radius 3 is 2.82 bits per heavy atom. The lowest BCUT2D eigenvalue weighted by Gasteiger charge is -2.19. The number of aliphatic hydroxyl groups excluding tert-OH is 1. The zero-order valence-corrected chi connectivity index (χ0v) is 12.1. The molecule has 96 valence electrons. The van der Waals surface area contributed by atoms with Crippen molar-refractivity contribution in [3.05, 3.63) is 20.3 Å². The number of nitrogens with one attached hydrogen (secondary N) is 1. The third kappa shape index (κ3) is 3.36. The van der Waals surface area contributed by atoms with Crippen LogP contribution in [0.4, 0.5) is 0 Å². The summed E-state index contributed by atoms with van der Waals surface area (Å²) < 4.78 is 1.47. The highest BCUT2D eigenvalue weighted by molar-refractivity contribution is 7.20. The Morgan fingerprint density at radius 1 is 1.53 bits per heavy atom. The molecule has 1 aliphatic carbocycles. The van der Waals surface area contributed by atoms with Gasteiger partial charge in [-0.25, -0.2) is 0 Å². The number of hydrogen-bond acceptors (Lipinski definition) is 3. The van der Waals surface area contributed by atoms with Crippen molar-refractivity contribution >= 4 is 34.5 Å². The van der Waals surface area contributed by atoms with Crippen LogP contribution in [0.2, 0.25) is 8.67 Å². The van der Waals surface area contributed by atoms with Gasteiger partial charge in [0.2, 0.25) is 0 Å². The van der Waals surface area contributed by atoms with E-state index in [9.17, 15) is 5.11 Å². The first-order valence-electron chi connectivity index (χ1n) is 5.94. The van der Waals surface area contributed by atoms with E-state index < -0.39 is 0 Å². The lowest BCUT2D eigenvalue weighted by molar-refractivity contribution is 0.130. The third-order valence-electron chi connectivity index (χ3n) is 3.45. The minimum absolute atomic E-state index is 0.142. The molecule has 2 rings (SSSR count). The molecule has 17 heavy (non-hydrogen) atoms. The van der Waals surface area contributed by atoms with Crippen molar-refractivity contribution in [2.24, 2.45) is 5.92 Å². The van der Waals surface area contributed by atoms with Crippen molar-refractivity contribution in [3.63, 3.8) is 0 Å². The van der Waals surface area contributed by atoms with Gasteiger partial charge in [-0.05, 0) is 37.3 Å². The lowest BCUT2D eigenvalue weighted by Crippen LogP contribution is -2.29. The number of hydrogen-bond donors (Lipinski definition) is 2. The summed E-state index contributed by atoms with van der Waals surface area (Å²) in [6.07, 6.45) is 3.04. The maximum absolute atomic E-state index is 9.75. The van der Waals surface area contributed by atoms with Crippen LogP contribution in [0.1, 0.15) is 37.8 Å². The van der Waals surface area contributed by atoms with E-state index in [4.69, 9.17) is 23.2 Å². The summed E-state index contributed by atoms with van der Waals surface area (Å²) in [4.78, 5) is 0. The molecule has 1 aromatic rings. The van der Waals surface area contributed by atoms with E-state index in [0.717, 1.165) is 40.0 Å². The molecule has 0 saturated heterocycles. The normalized spacial score (nSPS) is 26.4. The number of aliphatic hydroxyl groups is 1. The van der Waals surface area contributed by atoms with Gasteiger partial charge in [0.1, 0.15) is 0 Å². The largest absolute Gasteiger partial charge is 0.393 e. The van der Waals surface area contributed by atoms with Gasteiger partial charge in [-0.1, -0.05) is 29.6 Å². The molecule has 0 amide bonds. The molecule has 3 atom stereocenters. The van der Waals surface area contributed by atoms with Crippen LogP contribution in [0, 0.1) is 5.92 Å². The molecule has 1 fully saturated rings. The molecule has 0 spiro atoms. The molecule has 1 saturated carbocycles. The first kappa shape index (κ1) is 13.6. The van der Waals surface area contributed by atoms with Crippen LogP contribution < -0.4 is 5.32 Å². The lowest BCUT2D eigenvalue weighted by atomic mass is 10.1. The van der Waals surface area contributed by atoms with Gasteiger partial charge in [-0.3, -0.25) is 0 Å². The van der Waals surface area contributed by atoms with Crippen LogP contribution in [0.15, 0.2) is 6.07 Å². The molecule has 1 aromatic heterocycles. The second kappa shape index (κ2) is 5.89. The molecule has 3 unspecified atom stereocenters. The Bertz CT molecular complexity index is 383. The average Bonchev–Trinajstić information content (AvgIpc) is 2.81. The molecule has 2 nitrogen and oxygen atoms in total. The predicted molar refractivity (Wildman–Crippen MR) is 74.1 cm³/mol. The fourth-order valence-corrected chi connectivity index (χ4v) is 3.99. The van der Waals surface area contributed by atoms with Crippen LogP contribution in [-0.4, -0.2) is 17.8 Å². The molecule has 1 heterocycles. The van der Waals surface area contributed by atoms with Gasteiger partial charge in [-0.2, -0.15) is 0 Å². The van der Waals surface area contributed by atoms with Gasteiger partial charge in [0, 0.05) is 12.6 Å². The van der Waals surface area contributed by atoms with Crippen molar-refractivity contribution in [2.75, 3.05) is 6.54 Å². The van der Waals surface area contributed by atoms with Gasteiger partial charge >= 0.3 is 0 Å². The fourth-order valence-electron chi connectivity index (χ4n) is 2.34. The highest BCUT2D eigenvalue weighted by Crippen LogP contribution is 2.35. The number of rotatable bonds is 4. The fraction of sp³-hybridized carbons (Fsp3) is 0.667. The smallest absolute Gasteiger partial charge is 0.0991 e. The van der Waals surface area contributed by atoms with E-state index >= 15 is 0 Å². The summed E-state index contributed by atoms with van der Waals surface area (Å²) in [6.45, 7) is 2.91. The number of thiophene rings is 1. The molecule has 5 heteroatoms. The minimum atomic E-state index is -0.142. The van der Waals surface area contributed by atoms with E-state index in [1.54, 1.807) is 0 Å². The third-order valence-corrected chi connectivity index (χ3v) is 4.97. The van der Waals surface area contributed by atoms with Crippen molar-refractivity contribution in [1.82, 2.24) is 5.32 Å². The molecular formula is C12H17Cl2NOS. The van der Waals surface area contributed by atoms with Crippen molar-refractivity contribution in [3.8, 4) is 0 Å². The van der Waals surface area contributed by atoms with Gasteiger partial charge in [0.25, 0.3) is 0 Å². The van der Waals surface area contributed by atoms with Gasteiger partial charge in [-0.15, -0.1) is 11.3 Å². The summed E-state index contributed by atoms with van der Waals surface area (Å²) in [6, 6.07) is 2.09. The summed E-state index contributed by atoms with van der Waals surface area (Å²) in [7, 11) is 0. The number of halogens is 2. The van der Waals surface area contributed by atoms with E-state index in [1.165, 1.54) is 11.3 Å². The second-order valence-electron chi connectivity index (χ2n) is 4.67. The van der Waals surface area contributed by atoms with E-state index in [1.807, 2.05) is 6.07 Å². The highest BCUT2D eigenvalue weighted by atomic mass is 35.5. The Balaban J connectivity index is 1.88. The SMILES string of the molecule is CC(NCC1CCCC1O)c1cc(Cl)sc1Cl. The van der Waals surface area contributed by atoms with E-state index in [0.29, 0.717) is 5.92 Å². The monoisotopic (exact) mass is 293 g/mol. The molecule has 0 aliphatic heterocycles. The topological polar surface area (TPSA) is 32.3 Å². The first-order valence-corrected chi connectivity index (χ1v) is 7.51. The van der Waals surface area contributed by atoms with Crippen molar-refractivity contribution in [2.45, 2.75) is 38.3 Å². The van der Waals surface area contributed by atoms with Crippen LogP contribution in [0.5, 0.6) is 0 Å². The average molecular weight is 294 g/mol. The molecular weight excluding hydrogens is 277 g/mol. The van der Waals surface area contributed by atoms with Crippen LogP contribution >= 0.6 is 34.5 Å². The Hall–Kier alpha value is 0.200. The van der Waals surface area contributed by atoms with Gasteiger partial charge < -0.3 is 10.4 Å². The summed E-state index contributed by atoms with van der Waals surface area (Å²) in [5.74, 6) is 0.380. The summed E-state index contributed by atoms with van der Waals surface area (Å²) in [5.41, 5.74) is 1.05. The van der Waals surface area contributed by atoms with Crippen molar-refractivity contribution in [1.29, 1.82) is 0 Å². The molecule has 0 radical (unpaired) electrons. The quantitative estimate of drug-likeness (QED) is 0.883. The Labute approximate surface area is 116 Å². The van der Waals surface area contributed by atoms with E-state index in [-0.39, 0.29) is 12.1 Å². The van der Waals surface area contributed by atoms with Crippen LogP contribution in [0.25, 0.3) is 0 Å².